The van der Waals surface area contributed by atoms with Crippen molar-refractivity contribution in [3.8, 4) is 5.75 Å². The summed E-state index contributed by atoms with van der Waals surface area (Å²) in [4.78, 5) is 7.21. The summed E-state index contributed by atoms with van der Waals surface area (Å²) in [5, 5.41) is 6.71. The van der Waals surface area contributed by atoms with E-state index in [1.807, 2.05) is 12.1 Å². The summed E-state index contributed by atoms with van der Waals surface area (Å²) in [6.07, 6.45) is 0.0569. The third kappa shape index (κ3) is 9.93. The van der Waals surface area contributed by atoms with E-state index in [0.29, 0.717) is 12.5 Å². The molecule has 1 saturated heterocycles. The molecule has 2 rings (SSSR count). The minimum absolute atomic E-state index is 0. The minimum Gasteiger partial charge on any atom is -0.489 e. The fraction of sp³-hybridized carbons (Fsp3) is 0.667. The monoisotopic (exact) mass is 504 g/mol. The van der Waals surface area contributed by atoms with Gasteiger partial charge in [0.05, 0.1) is 19.8 Å². The maximum absolute atomic E-state index is 5.99. The molecule has 2 N–H and O–H groups in total. The van der Waals surface area contributed by atoms with Crippen molar-refractivity contribution in [3.05, 3.63) is 29.8 Å². The predicted molar refractivity (Wildman–Crippen MR) is 127 cm³/mol. The Labute approximate surface area is 187 Å². The number of hydrogen-bond donors (Lipinski definition) is 2. The number of hydrogen-bond acceptors (Lipinski definition) is 4. The molecular formula is C21H37IN4O2. The largest absolute Gasteiger partial charge is 0.489 e. The number of morpholine rings is 1. The van der Waals surface area contributed by atoms with E-state index in [2.05, 4.69) is 55.4 Å². The standard InChI is InChI=1S/C21H36N4O2.HI/c1-5-22-21(23-14-18(3)16-25-9-11-26-12-10-25)24-15-19(4)27-20-8-6-7-17(2)13-20;/h6-8,13,18-19H,5,9-12,14-16H2,1-4H3,(H2,22,23,24);1H. The van der Waals surface area contributed by atoms with Gasteiger partial charge in [-0.25, -0.2) is 0 Å². The van der Waals surface area contributed by atoms with E-state index in [1.165, 1.54) is 5.56 Å². The highest BCUT2D eigenvalue weighted by Gasteiger charge is 2.13. The molecule has 1 heterocycles. The first-order valence-electron chi connectivity index (χ1n) is 10.1. The molecule has 1 fully saturated rings. The molecule has 160 valence electrons. The average Bonchev–Trinajstić information content (AvgIpc) is 2.65. The molecule has 0 aromatic heterocycles. The van der Waals surface area contributed by atoms with Gasteiger partial charge in [-0.15, -0.1) is 24.0 Å². The van der Waals surface area contributed by atoms with Gasteiger partial charge in [-0.2, -0.15) is 0 Å². The van der Waals surface area contributed by atoms with Crippen LogP contribution in [0.4, 0.5) is 0 Å². The molecule has 7 heteroatoms. The molecule has 0 radical (unpaired) electrons. The Balaban J connectivity index is 0.00000392. The van der Waals surface area contributed by atoms with Crippen LogP contribution in [0.3, 0.4) is 0 Å². The highest BCUT2D eigenvalue weighted by Crippen LogP contribution is 2.13. The van der Waals surface area contributed by atoms with E-state index in [0.717, 1.165) is 57.6 Å². The van der Waals surface area contributed by atoms with E-state index in [9.17, 15) is 0 Å². The second-order valence-corrected chi connectivity index (χ2v) is 7.36. The van der Waals surface area contributed by atoms with Crippen molar-refractivity contribution in [2.75, 3.05) is 52.5 Å². The minimum atomic E-state index is 0. The van der Waals surface area contributed by atoms with Crippen molar-refractivity contribution in [1.29, 1.82) is 0 Å². The van der Waals surface area contributed by atoms with Crippen molar-refractivity contribution >= 4 is 29.9 Å². The molecule has 1 aromatic carbocycles. The number of aryl methyl sites for hydroxylation is 1. The van der Waals surface area contributed by atoms with Crippen LogP contribution >= 0.6 is 24.0 Å². The maximum atomic E-state index is 5.99. The Hall–Kier alpha value is -1.06. The third-order valence-corrected chi connectivity index (χ3v) is 4.46. The van der Waals surface area contributed by atoms with Crippen LogP contribution in [0, 0.1) is 12.8 Å². The summed E-state index contributed by atoms with van der Waals surface area (Å²) in [5.41, 5.74) is 1.21. The molecule has 0 amide bonds. The number of nitrogens with one attached hydrogen (secondary N) is 2. The van der Waals surface area contributed by atoms with Gasteiger partial charge in [0.25, 0.3) is 0 Å². The van der Waals surface area contributed by atoms with Crippen molar-refractivity contribution < 1.29 is 9.47 Å². The Bertz CT molecular complexity index is 579. The lowest BCUT2D eigenvalue weighted by atomic mass is 10.1. The van der Waals surface area contributed by atoms with E-state index >= 15 is 0 Å². The normalized spacial score (nSPS) is 17.4. The molecule has 1 aliphatic rings. The summed E-state index contributed by atoms with van der Waals surface area (Å²) in [7, 11) is 0. The topological polar surface area (TPSA) is 58.1 Å². The number of rotatable bonds is 9. The molecule has 2 atom stereocenters. The number of aliphatic imine (C=N–C) groups is 1. The zero-order valence-corrected chi connectivity index (χ0v) is 20.1. The summed E-state index contributed by atoms with van der Waals surface area (Å²) >= 11 is 0. The van der Waals surface area contributed by atoms with Gasteiger partial charge in [0.15, 0.2) is 5.96 Å². The quantitative estimate of drug-likeness (QED) is 0.308. The molecule has 0 aliphatic carbocycles. The molecule has 6 nitrogen and oxygen atoms in total. The van der Waals surface area contributed by atoms with Crippen LogP contribution in [-0.4, -0.2) is 69.4 Å². The van der Waals surface area contributed by atoms with Gasteiger partial charge < -0.3 is 20.1 Å². The molecular weight excluding hydrogens is 467 g/mol. The predicted octanol–water partition coefficient (Wildman–Crippen LogP) is 2.90. The number of halogens is 1. The second kappa shape index (κ2) is 14.0. The fourth-order valence-corrected chi connectivity index (χ4v) is 3.07. The number of ether oxygens (including phenoxy) is 2. The highest BCUT2D eigenvalue weighted by molar-refractivity contribution is 14.0. The van der Waals surface area contributed by atoms with E-state index < -0.39 is 0 Å². The lowest BCUT2D eigenvalue weighted by Crippen LogP contribution is -2.42. The maximum Gasteiger partial charge on any atom is 0.191 e. The summed E-state index contributed by atoms with van der Waals surface area (Å²) < 4.78 is 11.4. The smallest absolute Gasteiger partial charge is 0.191 e. The highest BCUT2D eigenvalue weighted by atomic mass is 127. The van der Waals surface area contributed by atoms with Gasteiger partial charge in [-0.05, 0) is 44.4 Å². The van der Waals surface area contributed by atoms with Gasteiger partial charge in [0, 0.05) is 32.7 Å². The lowest BCUT2D eigenvalue weighted by Gasteiger charge is -2.28. The van der Waals surface area contributed by atoms with Gasteiger partial charge in [-0.1, -0.05) is 19.1 Å². The SMILES string of the molecule is CCNC(=NCC(C)CN1CCOCC1)NCC(C)Oc1cccc(C)c1.I. The Morgan fingerprint density at radius 2 is 2.00 bits per heavy atom. The van der Waals surface area contributed by atoms with Crippen molar-refractivity contribution in [3.63, 3.8) is 0 Å². The number of guanidine groups is 1. The Kier molecular flexibility index (Phi) is 12.5. The molecule has 2 unspecified atom stereocenters. The summed E-state index contributed by atoms with van der Waals surface area (Å²) in [5.74, 6) is 2.27. The average molecular weight is 504 g/mol. The van der Waals surface area contributed by atoms with E-state index in [-0.39, 0.29) is 30.1 Å². The van der Waals surface area contributed by atoms with Crippen molar-refractivity contribution in [2.24, 2.45) is 10.9 Å². The zero-order chi connectivity index (χ0) is 19.5. The molecule has 1 aromatic rings. The number of nitrogens with zero attached hydrogens (tertiary/aromatic N) is 2. The van der Waals surface area contributed by atoms with Crippen LogP contribution in [0.2, 0.25) is 0 Å². The van der Waals surface area contributed by atoms with Crippen molar-refractivity contribution in [1.82, 2.24) is 15.5 Å². The lowest BCUT2D eigenvalue weighted by molar-refractivity contribution is 0.0323. The summed E-state index contributed by atoms with van der Waals surface area (Å²) in [6.45, 7) is 15.7. The van der Waals surface area contributed by atoms with E-state index in [1.54, 1.807) is 0 Å². The Morgan fingerprint density at radius 1 is 1.25 bits per heavy atom. The first-order chi connectivity index (χ1) is 13.1. The molecule has 28 heavy (non-hydrogen) atoms. The van der Waals surface area contributed by atoms with Gasteiger partial charge in [-0.3, -0.25) is 9.89 Å². The van der Waals surface area contributed by atoms with Gasteiger partial charge in [0.1, 0.15) is 11.9 Å². The van der Waals surface area contributed by atoms with Crippen LogP contribution in [0.15, 0.2) is 29.3 Å². The van der Waals surface area contributed by atoms with Crippen LogP contribution in [-0.2, 0) is 4.74 Å². The first kappa shape index (κ1) is 25.0. The van der Waals surface area contributed by atoms with Crippen LogP contribution < -0.4 is 15.4 Å². The number of benzene rings is 1. The zero-order valence-electron chi connectivity index (χ0n) is 17.7. The van der Waals surface area contributed by atoms with Gasteiger partial charge >= 0.3 is 0 Å². The molecule has 1 aliphatic heterocycles. The van der Waals surface area contributed by atoms with Crippen molar-refractivity contribution in [2.45, 2.75) is 33.8 Å². The molecule has 0 bridgehead atoms. The second-order valence-electron chi connectivity index (χ2n) is 7.36. The molecule has 0 saturated carbocycles. The third-order valence-electron chi connectivity index (χ3n) is 4.46. The summed E-state index contributed by atoms with van der Waals surface area (Å²) in [6, 6.07) is 8.15. The van der Waals surface area contributed by atoms with E-state index in [4.69, 9.17) is 14.5 Å². The van der Waals surface area contributed by atoms with Crippen LogP contribution in [0.5, 0.6) is 5.75 Å². The van der Waals surface area contributed by atoms with Crippen LogP contribution in [0.25, 0.3) is 0 Å². The molecule has 0 spiro atoms. The van der Waals surface area contributed by atoms with Crippen LogP contribution in [0.1, 0.15) is 26.3 Å². The van der Waals surface area contributed by atoms with Gasteiger partial charge in [0.2, 0.25) is 0 Å². The Morgan fingerprint density at radius 3 is 2.68 bits per heavy atom. The first-order valence-corrected chi connectivity index (χ1v) is 10.1. The fourth-order valence-electron chi connectivity index (χ4n) is 3.07.